The number of benzene rings is 2. The molecule has 2 aromatic rings. The van der Waals surface area contributed by atoms with Gasteiger partial charge in [0.05, 0.1) is 0 Å². The van der Waals surface area contributed by atoms with Crippen molar-refractivity contribution in [3.63, 3.8) is 0 Å². The van der Waals surface area contributed by atoms with Gasteiger partial charge in [0.2, 0.25) is 0 Å². The van der Waals surface area contributed by atoms with Gasteiger partial charge in [-0.05, 0) is 51.7 Å². The molecule has 3 N–H and O–H groups in total. The maximum Gasteiger partial charge on any atom is 0.255 e. The molecule has 0 spiro atoms. The third kappa shape index (κ3) is 3.20. The van der Waals surface area contributed by atoms with Gasteiger partial charge >= 0.3 is 0 Å². The number of hydrogen-bond acceptors (Lipinski definition) is 2. The van der Waals surface area contributed by atoms with Crippen molar-refractivity contribution < 1.29 is 4.79 Å². The van der Waals surface area contributed by atoms with E-state index in [1.165, 1.54) is 0 Å². The summed E-state index contributed by atoms with van der Waals surface area (Å²) in [6.45, 7) is 4.20. The number of nitrogens with one attached hydrogen (secondary N) is 1. The van der Waals surface area contributed by atoms with Gasteiger partial charge in [-0.3, -0.25) is 4.79 Å². The van der Waals surface area contributed by atoms with Crippen LogP contribution >= 0.6 is 15.9 Å². The minimum atomic E-state index is -0.155. The number of hydrogen-bond donors (Lipinski definition) is 2. The lowest BCUT2D eigenvalue weighted by molar-refractivity contribution is 0.102. The molecule has 0 aliphatic carbocycles. The Hall–Kier alpha value is -1.81. The first-order chi connectivity index (χ1) is 9.49. The van der Waals surface area contributed by atoms with E-state index >= 15 is 0 Å². The molecule has 0 saturated carbocycles. The van der Waals surface area contributed by atoms with Gasteiger partial charge in [0.25, 0.3) is 5.91 Å². The monoisotopic (exact) mass is 332 g/mol. The summed E-state index contributed by atoms with van der Waals surface area (Å²) in [6.07, 6.45) is 0. The van der Waals surface area contributed by atoms with Crippen LogP contribution in [-0.4, -0.2) is 5.91 Å². The fourth-order valence-corrected chi connectivity index (χ4v) is 2.24. The van der Waals surface area contributed by atoms with Crippen LogP contribution in [0.3, 0.4) is 0 Å². The second-order valence-electron chi connectivity index (χ2n) is 4.93. The molecule has 3 nitrogen and oxygen atoms in total. The zero-order valence-corrected chi connectivity index (χ0v) is 13.1. The molecular weight excluding hydrogens is 316 g/mol. The predicted molar refractivity (Wildman–Crippen MR) is 87.0 cm³/mol. The number of halogens is 1. The fourth-order valence-electron chi connectivity index (χ4n) is 1.99. The molecule has 0 heterocycles. The lowest BCUT2D eigenvalue weighted by Gasteiger charge is -2.14. The van der Waals surface area contributed by atoms with Crippen LogP contribution < -0.4 is 11.1 Å². The first kappa shape index (κ1) is 14.6. The van der Waals surface area contributed by atoms with Gasteiger partial charge in [0.15, 0.2) is 0 Å². The van der Waals surface area contributed by atoms with Gasteiger partial charge in [0, 0.05) is 21.4 Å². The summed E-state index contributed by atoms with van der Waals surface area (Å²) in [5, 5.41) is 2.95. The Morgan fingerprint density at radius 2 is 1.90 bits per heavy atom. The molecule has 2 aromatic carbocycles. The lowest BCUT2D eigenvalue weighted by atomic mass is 10.0. The average Bonchev–Trinajstić information content (AvgIpc) is 2.42. The summed E-state index contributed by atoms with van der Waals surface area (Å²) in [7, 11) is 0. The van der Waals surface area contributed by atoms with Crippen LogP contribution in [-0.2, 0) is 0 Å². The molecule has 0 atom stereocenters. The molecule has 20 heavy (non-hydrogen) atoms. The Kier molecular flexibility index (Phi) is 4.45. The Bertz CT molecular complexity index is 638. The average molecular weight is 333 g/mol. The SMILES string of the molecule is CC(C)c1ccccc1NC(=O)c1ccc(Br)c(N)c1. The highest BCUT2D eigenvalue weighted by molar-refractivity contribution is 9.10. The first-order valence-corrected chi connectivity index (χ1v) is 7.23. The number of para-hydroxylation sites is 1. The lowest BCUT2D eigenvalue weighted by Crippen LogP contribution is -2.14. The first-order valence-electron chi connectivity index (χ1n) is 6.44. The maximum absolute atomic E-state index is 12.3. The van der Waals surface area contributed by atoms with Gasteiger partial charge in [-0.1, -0.05) is 32.0 Å². The van der Waals surface area contributed by atoms with E-state index in [1.54, 1.807) is 18.2 Å². The van der Waals surface area contributed by atoms with Crippen molar-refractivity contribution in [2.45, 2.75) is 19.8 Å². The standard InChI is InChI=1S/C16H17BrN2O/c1-10(2)12-5-3-4-6-15(12)19-16(20)11-7-8-13(17)14(18)9-11/h3-10H,18H2,1-2H3,(H,19,20). The molecule has 0 saturated heterocycles. The number of anilines is 2. The van der Waals surface area contributed by atoms with E-state index in [1.807, 2.05) is 24.3 Å². The second kappa shape index (κ2) is 6.09. The summed E-state index contributed by atoms with van der Waals surface area (Å²) in [4.78, 5) is 12.3. The molecule has 0 unspecified atom stereocenters. The number of carbonyl (C=O) groups excluding carboxylic acids is 1. The summed E-state index contributed by atoms with van der Waals surface area (Å²) < 4.78 is 0.789. The molecule has 0 aliphatic rings. The van der Waals surface area contributed by atoms with E-state index < -0.39 is 0 Å². The highest BCUT2D eigenvalue weighted by Gasteiger charge is 2.11. The zero-order valence-electron chi connectivity index (χ0n) is 11.5. The predicted octanol–water partition coefficient (Wildman–Crippen LogP) is 4.41. The molecule has 104 valence electrons. The summed E-state index contributed by atoms with van der Waals surface area (Å²) in [6, 6.07) is 13.0. The quantitative estimate of drug-likeness (QED) is 0.818. The van der Waals surface area contributed by atoms with Crippen molar-refractivity contribution >= 4 is 33.2 Å². The van der Waals surface area contributed by atoms with Crippen LogP contribution in [0.1, 0.15) is 35.7 Å². The molecule has 0 fully saturated rings. The van der Waals surface area contributed by atoms with Crippen molar-refractivity contribution in [2.24, 2.45) is 0 Å². The number of carbonyl (C=O) groups is 1. The Morgan fingerprint density at radius 1 is 1.20 bits per heavy atom. The smallest absolute Gasteiger partial charge is 0.255 e. The van der Waals surface area contributed by atoms with Crippen LogP contribution in [0.15, 0.2) is 46.9 Å². The Labute approximate surface area is 127 Å². The zero-order chi connectivity index (χ0) is 14.7. The van der Waals surface area contributed by atoms with Gasteiger partial charge in [-0.15, -0.1) is 0 Å². The van der Waals surface area contributed by atoms with Gasteiger partial charge < -0.3 is 11.1 Å². The van der Waals surface area contributed by atoms with E-state index in [0.717, 1.165) is 15.7 Å². The highest BCUT2D eigenvalue weighted by atomic mass is 79.9. The molecule has 4 heteroatoms. The van der Waals surface area contributed by atoms with Crippen molar-refractivity contribution in [3.8, 4) is 0 Å². The maximum atomic E-state index is 12.3. The van der Waals surface area contributed by atoms with Crippen molar-refractivity contribution in [3.05, 3.63) is 58.1 Å². The summed E-state index contributed by atoms with van der Waals surface area (Å²) in [5.41, 5.74) is 8.86. The van der Waals surface area contributed by atoms with E-state index in [9.17, 15) is 4.79 Å². The van der Waals surface area contributed by atoms with Gasteiger partial charge in [-0.2, -0.15) is 0 Å². The van der Waals surface area contributed by atoms with Crippen LogP contribution in [0.4, 0.5) is 11.4 Å². The Morgan fingerprint density at radius 3 is 2.55 bits per heavy atom. The van der Waals surface area contributed by atoms with Crippen LogP contribution in [0.2, 0.25) is 0 Å². The van der Waals surface area contributed by atoms with Gasteiger partial charge in [-0.25, -0.2) is 0 Å². The third-order valence-corrected chi connectivity index (χ3v) is 3.81. The van der Waals surface area contributed by atoms with Crippen LogP contribution in [0, 0.1) is 0 Å². The van der Waals surface area contributed by atoms with E-state index in [2.05, 4.69) is 35.1 Å². The number of nitrogens with two attached hydrogens (primary N) is 1. The van der Waals surface area contributed by atoms with Crippen molar-refractivity contribution in [1.29, 1.82) is 0 Å². The highest BCUT2D eigenvalue weighted by Crippen LogP contribution is 2.25. The molecule has 0 aliphatic heterocycles. The van der Waals surface area contributed by atoms with E-state index in [4.69, 9.17) is 5.73 Å². The van der Waals surface area contributed by atoms with Crippen molar-refractivity contribution in [1.82, 2.24) is 0 Å². The van der Waals surface area contributed by atoms with Gasteiger partial charge in [0.1, 0.15) is 0 Å². The third-order valence-electron chi connectivity index (χ3n) is 3.09. The molecular formula is C16H17BrN2O. The molecule has 1 amide bonds. The molecule has 0 aromatic heterocycles. The second-order valence-corrected chi connectivity index (χ2v) is 5.79. The number of nitrogen functional groups attached to an aromatic ring is 1. The number of rotatable bonds is 3. The van der Waals surface area contributed by atoms with E-state index in [0.29, 0.717) is 17.2 Å². The normalized spacial score (nSPS) is 10.6. The minimum Gasteiger partial charge on any atom is -0.398 e. The Balaban J connectivity index is 2.26. The summed E-state index contributed by atoms with van der Waals surface area (Å²) in [5.74, 6) is 0.193. The minimum absolute atomic E-state index is 0.155. The topological polar surface area (TPSA) is 55.1 Å². The van der Waals surface area contributed by atoms with Crippen molar-refractivity contribution in [2.75, 3.05) is 11.1 Å². The molecule has 0 bridgehead atoms. The summed E-state index contributed by atoms with van der Waals surface area (Å²) >= 11 is 3.32. The van der Waals surface area contributed by atoms with Crippen LogP contribution in [0.5, 0.6) is 0 Å². The largest absolute Gasteiger partial charge is 0.398 e. The van der Waals surface area contributed by atoms with Crippen LogP contribution in [0.25, 0.3) is 0 Å². The molecule has 2 rings (SSSR count). The molecule has 0 radical (unpaired) electrons. The van der Waals surface area contributed by atoms with E-state index in [-0.39, 0.29) is 5.91 Å². The number of amides is 1. The fraction of sp³-hybridized carbons (Fsp3) is 0.188.